The molecule has 0 aliphatic carbocycles. The molecule has 3 aromatic rings. The van der Waals surface area contributed by atoms with Crippen LogP contribution in [0.25, 0.3) is 10.9 Å². The van der Waals surface area contributed by atoms with Crippen LogP contribution in [0.1, 0.15) is 24.2 Å². The van der Waals surface area contributed by atoms with Crippen molar-refractivity contribution in [2.45, 2.75) is 25.5 Å². The first-order valence-corrected chi connectivity index (χ1v) is 11.4. The van der Waals surface area contributed by atoms with Gasteiger partial charge in [0.05, 0.1) is 22.2 Å². The van der Waals surface area contributed by atoms with Gasteiger partial charge in [0, 0.05) is 11.0 Å². The summed E-state index contributed by atoms with van der Waals surface area (Å²) in [6.45, 7) is 4.52. The van der Waals surface area contributed by atoms with Gasteiger partial charge in [0.25, 0.3) is 11.5 Å². The molecule has 7 nitrogen and oxygen atoms in total. The number of nitrogens with zero attached hydrogens (tertiary/aromatic N) is 2. The SMILES string of the molecule is CC(C)Cn1c(SCC(=O)Nc2sccc2C(N)=O)nc2ccc(Br)cc2c1=O. The number of hydrogen-bond donors (Lipinski definition) is 2. The van der Waals surface area contributed by atoms with Gasteiger partial charge in [-0.2, -0.15) is 0 Å². The number of aromatic nitrogens is 2. The summed E-state index contributed by atoms with van der Waals surface area (Å²) in [7, 11) is 0. The van der Waals surface area contributed by atoms with E-state index in [-0.39, 0.29) is 28.7 Å². The van der Waals surface area contributed by atoms with E-state index >= 15 is 0 Å². The van der Waals surface area contributed by atoms with E-state index in [1.165, 1.54) is 23.1 Å². The van der Waals surface area contributed by atoms with Crippen LogP contribution in [0.15, 0.2) is 44.1 Å². The number of amides is 2. The molecule has 2 aromatic heterocycles. The maximum absolute atomic E-state index is 13.0. The second kappa shape index (κ2) is 9.10. The highest BCUT2D eigenvalue weighted by Crippen LogP contribution is 2.24. The van der Waals surface area contributed by atoms with Gasteiger partial charge < -0.3 is 11.1 Å². The van der Waals surface area contributed by atoms with Crippen molar-refractivity contribution in [2.75, 3.05) is 11.1 Å². The van der Waals surface area contributed by atoms with Crippen LogP contribution in [-0.2, 0) is 11.3 Å². The third-order valence-electron chi connectivity index (χ3n) is 3.94. The molecule has 0 spiro atoms. The van der Waals surface area contributed by atoms with Crippen molar-refractivity contribution in [1.29, 1.82) is 0 Å². The first kappa shape index (κ1) is 21.5. The summed E-state index contributed by atoms with van der Waals surface area (Å²) >= 11 is 5.80. The molecular weight excluding hydrogens is 476 g/mol. The average Bonchev–Trinajstić information content (AvgIpc) is 3.11. The van der Waals surface area contributed by atoms with Gasteiger partial charge in [-0.1, -0.05) is 41.5 Å². The van der Waals surface area contributed by atoms with Crippen LogP contribution in [0.4, 0.5) is 5.00 Å². The molecule has 0 aliphatic rings. The van der Waals surface area contributed by atoms with Crippen molar-refractivity contribution in [3.8, 4) is 0 Å². The molecule has 0 unspecified atom stereocenters. The number of nitrogens with two attached hydrogens (primary N) is 1. The van der Waals surface area contributed by atoms with Gasteiger partial charge >= 0.3 is 0 Å². The lowest BCUT2D eigenvalue weighted by Gasteiger charge is -2.15. The Hall–Kier alpha value is -2.17. The molecule has 0 saturated carbocycles. The van der Waals surface area contributed by atoms with Gasteiger partial charge in [-0.25, -0.2) is 4.98 Å². The highest BCUT2D eigenvalue weighted by atomic mass is 79.9. The molecule has 10 heteroatoms. The number of thioether (sulfide) groups is 1. The van der Waals surface area contributed by atoms with Crippen molar-refractivity contribution >= 4 is 66.7 Å². The molecule has 0 aliphatic heterocycles. The second-order valence-electron chi connectivity index (χ2n) is 6.73. The number of halogens is 1. The maximum atomic E-state index is 13.0. The number of fused-ring (bicyclic) bond motifs is 1. The number of rotatable bonds is 7. The van der Waals surface area contributed by atoms with E-state index in [0.717, 1.165) is 4.47 Å². The minimum Gasteiger partial charge on any atom is -0.366 e. The molecule has 3 N–H and O–H groups in total. The van der Waals surface area contributed by atoms with Crippen molar-refractivity contribution in [2.24, 2.45) is 11.7 Å². The normalized spacial score (nSPS) is 11.2. The summed E-state index contributed by atoms with van der Waals surface area (Å²) in [6.07, 6.45) is 0. The zero-order valence-corrected chi connectivity index (χ0v) is 19.0. The third kappa shape index (κ3) is 5.06. The number of anilines is 1. The Kier molecular flexibility index (Phi) is 6.76. The molecule has 0 saturated heterocycles. The number of carbonyl (C=O) groups is 2. The minimum absolute atomic E-state index is 0.0443. The fourth-order valence-electron chi connectivity index (χ4n) is 2.70. The van der Waals surface area contributed by atoms with Gasteiger partial charge in [-0.15, -0.1) is 11.3 Å². The predicted molar refractivity (Wildman–Crippen MR) is 121 cm³/mol. The molecule has 29 heavy (non-hydrogen) atoms. The van der Waals surface area contributed by atoms with Crippen LogP contribution in [0, 0.1) is 5.92 Å². The molecular formula is C19H19BrN4O3S2. The van der Waals surface area contributed by atoms with Crippen molar-refractivity contribution in [3.63, 3.8) is 0 Å². The molecule has 0 atom stereocenters. The summed E-state index contributed by atoms with van der Waals surface area (Å²) in [4.78, 5) is 41.4. The summed E-state index contributed by atoms with van der Waals surface area (Å²) < 4.78 is 2.41. The fraction of sp³-hybridized carbons (Fsp3) is 0.263. The molecule has 0 radical (unpaired) electrons. The predicted octanol–water partition coefficient (Wildman–Crippen LogP) is 3.71. The molecule has 3 rings (SSSR count). The van der Waals surface area contributed by atoms with E-state index in [0.29, 0.717) is 27.6 Å². The summed E-state index contributed by atoms with van der Waals surface area (Å²) in [5.74, 6) is -0.622. The molecule has 1 aromatic carbocycles. The molecule has 2 heterocycles. The first-order valence-electron chi connectivity index (χ1n) is 8.76. The van der Waals surface area contributed by atoms with E-state index in [1.807, 2.05) is 19.9 Å². The standard InChI is InChI=1S/C19H19BrN4O3S2/c1-10(2)8-24-18(27)13-7-11(20)3-4-14(13)22-19(24)29-9-15(25)23-17-12(16(21)26)5-6-28-17/h3-7,10H,8-9H2,1-2H3,(H2,21,26)(H,23,25). The minimum atomic E-state index is -0.595. The van der Waals surface area contributed by atoms with Crippen molar-refractivity contribution < 1.29 is 9.59 Å². The van der Waals surface area contributed by atoms with E-state index in [2.05, 4.69) is 26.2 Å². The lowest BCUT2D eigenvalue weighted by molar-refractivity contribution is -0.113. The van der Waals surface area contributed by atoms with Crippen molar-refractivity contribution in [1.82, 2.24) is 9.55 Å². The van der Waals surface area contributed by atoms with E-state index in [9.17, 15) is 14.4 Å². The Labute approximate surface area is 183 Å². The van der Waals surface area contributed by atoms with Gasteiger partial charge in [0.2, 0.25) is 5.91 Å². The molecule has 0 bridgehead atoms. The number of carbonyl (C=O) groups excluding carboxylic acids is 2. The second-order valence-corrected chi connectivity index (χ2v) is 9.50. The van der Waals surface area contributed by atoms with Crippen LogP contribution in [-0.4, -0.2) is 27.1 Å². The Bertz CT molecular complexity index is 1140. The monoisotopic (exact) mass is 494 g/mol. The Morgan fingerprint density at radius 1 is 1.34 bits per heavy atom. The average molecular weight is 495 g/mol. The molecule has 2 amide bonds. The molecule has 152 valence electrons. The fourth-order valence-corrected chi connectivity index (χ4v) is 4.68. The number of primary amides is 1. The van der Waals surface area contributed by atoms with E-state index in [1.54, 1.807) is 28.1 Å². The highest BCUT2D eigenvalue weighted by Gasteiger charge is 2.16. The van der Waals surface area contributed by atoms with E-state index in [4.69, 9.17) is 5.73 Å². The summed E-state index contributed by atoms with van der Waals surface area (Å²) in [5.41, 5.74) is 6.03. The Morgan fingerprint density at radius 2 is 2.10 bits per heavy atom. The van der Waals surface area contributed by atoms with Gasteiger partial charge in [0.1, 0.15) is 5.00 Å². The van der Waals surface area contributed by atoms with E-state index < -0.39 is 5.91 Å². The Balaban J connectivity index is 1.85. The van der Waals surface area contributed by atoms with Crippen LogP contribution in [0.3, 0.4) is 0 Å². The zero-order valence-electron chi connectivity index (χ0n) is 15.8. The van der Waals surface area contributed by atoms with Crippen LogP contribution in [0.2, 0.25) is 0 Å². The maximum Gasteiger partial charge on any atom is 0.262 e. The van der Waals surface area contributed by atoms with Gasteiger partial charge in [0.15, 0.2) is 5.16 Å². The Morgan fingerprint density at radius 3 is 2.79 bits per heavy atom. The summed E-state index contributed by atoms with van der Waals surface area (Å²) in [5, 5.41) is 5.81. The number of benzene rings is 1. The number of hydrogen-bond acceptors (Lipinski definition) is 6. The number of thiophene rings is 1. The van der Waals surface area contributed by atoms with Gasteiger partial charge in [-0.3, -0.25) is 19.0 Å². The highest BCUT2D eigenvalue weighted by molar-refractivity contribution is 9.10. The lowest BCUT2D eigenvalue weighted by Crippen LogP contribution is -2.26. The largest absolute Gasteiger partial charge is 0.366 e. The number of nitrogens with one attached hydrogen (secondary N) is 1. The quantitative estimate of drug-likeness (QED) is 0.384. The molecule has 0 fully saturated rings. The topological polar surface area (TPSA) is 107 Å². The van der Waals surface area contributed by atoms with Gasteiger partial charge in [-0.05, 0) is 35.6 Å². The summed E-state index contributed by atoms with van der Waals surface area (Å²) in [6, 6.07) is 6.92. The van der Waals surface area contributed by atoms with Crippen molar-refractivity contribution in [3.05, 3.63) is 50.0 Å². The van der Waals surface area contributed by atoms with Crippen LogP contribution >= 0.6 is 39.0 Å². The van der Waals surface area contributed by atoms with Crippen LogP contribution < -0.4 is 16.6 Å². The third-order valence-corrected chi connectivity index (χ3v) is 6.24. The smallest absolute Gasteiger partial charge is 0.262 e. The van der Waals surface area contributed by atoms with Crippen LogP contribution in [0.5, 0.6) is 0 Å². The lowest BCUT2D eigenvalue weighted by atomic mass is 10.2. The first-order chi connectivity index (χ1) is 13.8. The zero-order chi connectivity index (χ0) is 21.1.